The normalized spacial score (nSPS) is 9.96. The Kier molecular flexibility index (Phi) is 7.11. The number of thiocarbonyl (C=S) groups is 1. The molecule has 0 heterocycles. The number of halogens is 1. The molecule has 0 bridgehead atoms. The average molecular weight is 436 g/mol. The van der Waals surface area contributed by atoms with Gasteiger partial charge in [-0.05, 0) is 70.6 Å². The Labute approximate surface area is 165 Å². The van der Waals surface area contributed by atoms with Crippen LogP contribution in [0.3, 0.4) is 0 Å². The van der Waals surface area contributed by atoms with Crippen LogP contribution in [0.4, 0.5) is 11.4 Å². The van der Waals surface area contributed by atoms with E-state index in [-0.39, 0.29) is 16.9 Å². The van der Waals surface area contributed by atoms with Crippen LogP contribution in [0.25, 0.3) is 0 Å². The van der Waals surface area contributed by atoms with Crippen LogP contribution in [0, 0.1) is 0 Å². The van der Waals surface area contributed by atoms with Crippen LogP contribution < -0.4 is 20.7 Å². The zero-order chi connectivity index (χ0) is 19.1. The summed E-state index contributed by atoms with van der Waals surface area (Å²) in [6.45, 7) is 1.79. The van der Waals surface area contributed by atoms with Gasteiger partial charge in [0.25, 0.3) is 5.91 Å². The van der Waals surface area contributed by atoms with Crippen molar-refractivity contribution >= 4 is 56.4 Å². The average Bonchev–Trinajstić information content (AvgIpc) is 2.63. The molecular formula is C18H18BrN3O3S. The number of hydrogen-bond acceptors (Lipinski definition) is 4. The Morgan fingerprint density at radius 1 is 1.08 bits per heavy atom. The van der Waals surface area contributed by atoms with E-state index in [1.54, 1.807) is 56.5 Å². The van der Waals surface area contributed by atoms with Crippen LogP contribution in [0.1, 0.15) is 23.7 Å². The lowest BCUT2D eigenvalue weighted by molar-refractivity contribution is -0.115. The fourth-order valence-electron chi connectivity index (χ4n) is 2.03. The molecule has 2 amide bonds. The van der Waals surface area contributed by atoms with Crippen LogP contribution in [0.2, 0.25) is 0 Å². The molecule has 0 aliphatic rings. The monoisotopic (exact) mass is 435 g/mol. The maximum atomic E-state index is 12.3. The highest BCUT2D eigenvalue weighted by atomic mass is 79.9. The molecule has 0 spiro atoms. The smallest absolute Gasteiger partial charge is 0.257 e. The van der Waals surface area contributed by atoms with Crippen LogP contribution in [0.5, 0.6) is 5.75 Å². The van der Waals surface area contributed by atoms with Crippen molar-refractivity contribution in [2.75, 3.05) is 17.7 Å². The van der Waals surface area contributed by atoms with E-state index in [9.17, 15) is 9.59 Å². The number of anilines is 2. The first-order valence-corrected chi connectivity index (χ1v) is 8.99. The summed E-state index contributed by atoms with van der Waals surface area (Å²) in [6, 6.07) is 12.0. The largest absolute Gasteiger partial charge is 0.496 e. The van der Waals surface area contributed by atoms with E-state index in [2.05, 4.69) is 31.9 Å². The van der Waals surface area contributed by atoms with Gasteiger partial charge in [0.1, 0.15) is 5.75 Å². The number of carbonyl (C=O) groups is 2. The highest BCUT2D eigenvalue weighted by molar-refractivity contribution is 9.10. The van der Waals surface area contributed by atoms with E-state index in [1.807, 2.05) is 0 Å². The van der Waals surface area contributed by atoms with Gasteiger partial charge in [0.05, 0.1) is 11.6 Å². The van der Waals surface area contributed by atoms with Crippen molar-refractivity contribution in [1.29, 1.82) is 0 Å². The number of carbonyl (C=O) groups excluding carboxylic acids is 2. The predicted octanol–water partition coefficient (Wildman–Crippen LogP) is 3.93. The standard InChI is InChI=1S/C18H18BrN3O3S/c1-3-16(23)20-12-5-7-13(8-6-12)21-18(26)22-17(24)11-4-9-15(25-2)14(19)10-11/h4-10H,3H2,1-2H3,(H,20,23)(H2,21,22,24,26). The number of rotatable bonds is 5. The lowest BCUT2D eigenvalue weighted by Gasteiger charge is -2.11. The minimum atomic E-state index is -0.335. The third-order valence-electron chi connectivity index (χ3n) is 3.39. The minimum absolute atomic E-state index is 0.0563. The lowest BCUT2D eigenvalue weighted by atomic mass is 10.2. The molecular weight excluding hydrogens is 418 g/mol. The predicted molar refractivity (Wildman–Crippen MR) is 110 cm³/mol. The molecule has 2 aromatic rings. The molecule has 6 nitrogen and oxygen atoms in total. The third-order valence-corrected chi connectivity index (χ3v) is 4.21. The Morgan fingerprint density at radius 3 is 2.23 bits per heavy atom. The summed E-state index contributed by atoms with van der Waals surface area (Å²) in [4.78, 5) is 23.6. The Morgan fingerprint density at radius 2 is 1.69 bits per heavy atom. The molecule has 0 radical (unpaired) electrons. The summed E-state index contributed by atoms with van der Waals surface area (Å²) in [5.41, 5.74) is 1.83. The first-order valence-electron chi connectivity index (χ1n) is 7.78. The molecule has 0 unspecified atom stereocenters. The molecule has 0 saturated carbocycles. The molecule has 26 heavy (non-hydrogen) atoms. The van der Waals surface area contributed by atoms with Crippen LogP contribution in [-0.2, 0) is 4.79 Å². The molecule has 0 aliphatic carbocycles. The van der Waals surface area contributed by atoms with Crippen molar-refractivity contribution in [2.45, 2.75) is 13.3 Å². The molecule has 3 N–H and O–H groups in total. The van der Waals surface area contributed by atoms with Gasteiger partial charge in [-0.25, -0.2) is 0 Å². The van der Waals surface area contributed by atoms with Gasteiger partial charge in [-0.3, -0.25) is 14.9 Å². The summed E-state index contributed by atoms with van der Waals surface area (Å²) in [7, 11) is 1.55. The second-order valence-corrected chi connectivity index (χ2v) is 6.50. The minimum Gasteiger partial charge on any atom is -0.496 e. The number of amides is 2. The van der Waals surface area contributed by atoms with Crippen molar-refractivity contribution < 1.29 is 14.3 Å². The van der Waals surface area contributed by atoms with Crippen LogP contribution >= 0.6 is 28.1 Å². The number of methoxy groups -OCH3 is 1. The Balaban J connectivity index is 1.94. The van der Waals surface area contributed by atoms with E-state index in [4.69, 9.17) is 17.0 Å². The maximum absolute atomic E-state index is 12.3. The van der Waals surface area contributed by atoms with E-state index >= 15 is 0 Å². The first-order chi connectivity index (χ1) is 12.4. The highest BCUT2D eigenvalue weighted by Gasteiger charge is 2.10. The van der Waals surface area contributed by atoms with Crippen molar-refractivity contribution in [3.05, 3.63) is 52.5 Å². The van der Waals surface area contributed by atoms with E-state index in [0.717, 1.165) is 0 Å². The molecule has 0 aliphatic heterocycles. The zero-order valence-electron chi connectivity index (χ0n) is 14.3. The van der Waals surface area contributed by atoms with Crippen molar-refractivity contribution in [2.24, 2.45) is 0 Å². The topological polar surface area (TPSA) is 79.5 Å². The second-order valence-electron chi connectivity index (χ2n) is 5.24. The molecule has 2 aromatic carbocycles. The first kappa shape index (κ1) is 19.9. The SMILES string of the molecule is CCC(=O)Nc1ccc(NC(=S)NC(=O)c2ccc(OC)c(Br)c2)cc1. The summed E-state index contributed by atoms with van der Waals surface area (Å²) in [5, 5.41) is 8.47. The summed E-state index contributed by atoms with van der Waals surface area (Å²) in [5.74, 6) is 0.245. The van der Waals surface area contributed by atoms with E-state index in [0.29, 0.717) is 33.6 Å². The lowest BCUT2D eigenvalue weighted by Crippen LogP contribution is -2.34. The number of benzene rings is 2. The second kappa shape index (κ2) is 9.30. The van der Waals surface area contributed by atoms with Crippen molar-refractivity contribution in [3.8, 4) is 5.75 Å². The molecule has 0 aromatic heterocycles. The van der Waals surface area contributed by atoms with Gasteiger partial charge in [0.2, 0.25) is 5.91 Å². The van der Waals surface area contributed by atoms with Crippen LogP contribution in [-0.4, -0.2) is 24.0 Å². The third kappa shape index (κ3) is 5.53. The molecule has 0 saturated heterocycles. The van der Waals surface area contributed by atoms with Gasteiger partial charge in [-0.15, -0.1) is 0 Å². The van der Waals surface area contributed by atoms with Gasteiger partial charge >= 0.3 is 0 Å². The molecule has 2 rings (SSSR count). The fourth-order valence-corrected chi connectivity index (χ4v) is 2.78. The fraction of sp³-hybridized carbons (Fsp3) is 0.167. The van der Waals surface area contributed by atoms with E-state index < -0.39 is 0 Å². The van der Waals surface area contributed by atoms with Gasteiger partial charge in [0, 0.05) is 23.4 Å². The number of nitrogens with one attached hydrogen (secondary N) is 3. The zero-order valence-corrected chi connectivity index (χ0v) is 16.7. The van der Waals surface area contributed by atoms with Gasteiger partial charge in [-0.1, -0.05) is 6.92 Å². The summed E-state index contributed by atoms with van der Waals surface area (Å²) >= 11 is 8.51. The van der Waals surface area contributed by atoms with Gasteiger partial charge in [-0.2, -0.15) is 0 Å². The molecule has 136 valence electrons. The number of ether oxygens (including phenoxy) is 1. The van der Waals surface area contributed by atoms with E-state index in [1.165, 1.54) is 0 Å². The molecule has 0 atom stereocenters. The van der Waals surface area contributed by atoms with Crippen molar-refractivity contribution in [3.63, 3.8) is 0 Å². The van der Waals surface area contributed by atoms with Gasteiger partial charge < -0.3 is 15.4 Å². The Bertz CT molecular complexity index is 825. The summed E-state index contributed by atoms with van der Waals surface area (Å²) < 4.78 is 5.81. The Hall–Kier alpha value is -2.45. The van der Waals surface area contributed by atoms with Crippen LogP contribution in [0.15, 0.2) is 46.9 Å². The number of hydrogen-bond donors (Lipinski definition) is 3. The van der Waals surface area contributed by atoms with Crippen molar-refractivity contribution in [1.82, 2.24) is 5.32 Å². The molecule has 8 heteroatoms. The highest BCUT2D eigenvalue weighted by Crippen LogP contribution is 2.25. The molecule has 0 fully saturated rings. The summed E-state index contributed by atoms with van der Waals surface area (Å²) in [6.07, 6.45) is 0.414. The quantitative estimate of drug-likeness (QED) is 0.619. The maximum Gasteiger partial charge on any atom is 0.257 e. The van der Waals surface area contributed by atoms with Gasteiger partial charge in [0.15, 0.2) is 5.11 Å².